The summed E-state index contributed by atoms with van der Waals surface area (Å²) < 4.78 is 5.82. The first-order valence-corrected chi connectivity index (χ1v) is 5.71. The Kier molecular flexibility index (Phi) is 3.48. The summed E-state index contributed by atoms with van der Waals surface area (Å²) in [5.74, 6) is 3.68. The Morgan fingerprint density at radius 1 is 1.56 bits per heavy atom. The molecule has 0 radical (unpaired) electrons. The topological polar surface area (TPSA) is 21.3 Å². The highest BCUT2D eigenvalue weighted by Gasteiger charge is 2.22. The van der Waals surface area contributed by atoms with Crippen molar-refractivity contribution in [3.05, 3.63) is 29.8 Å². The lowest BCUT2D eigenvalue weighted by Gasteiger charge is -2.15. The summed E-state index contributed by atoms with van der Waals surface area (Å²) in [5.41, 5.74) is 1.30. The van der Waals surface area contributed by atoms with E-state index < -0.39 is 0 Å². The largest absolute Gasteiger partial charge is 0.488 e. The van der Waals surface area contributed by atoms with Gasteiger partial charge in [-0.2, -0.15) is 0 Å². The lowest BCUT2D eigenvalue weighted by atomic mass is 10.1. The van der Waals surface area contributed by atoms with Crippen molar-refractivity contribution in [1.29, 1.82) is 0 Å². The molecule has 1 N–H and O–H groups in total. The molecule has 1 heterocycles. The second-order valence-corrected chi connectivity index (χ2v) is 4.27. The smallest absolute Gasteiger partial charge is 0.123 e. The van der Waals surface area contributed by atoms with Gasteiger partial charge in [-0.15, -0.1) is 12.3 Å². The summed E-state index contributed by atoms with van der Waals surface area (Å²) in [6.07, 6.45) is 7.26. The lowest BCUT2D eigenvalue weighted by Crippen LogP contribution is -2.35. The minimum absolute atomic E-state index is 0.248. The molecule has 2 unspecified atom stereocenters. The summed E-state index contributed by atoms with van der Waals surface area (Å²) in [5, 5.41) is 3.39. The summed E-state index contributed by atoms with van der Waals surface area (Å²) in [6, 6.07) is 8.58. The minimum atomic E-state index is 0.248. The van der Waals surface area contributed by atoms with Gasteiger partial charge in [-0.1, -0.05) is 18.2 Å². The van der Waals surface area contributed by atoms with Crippen LogP contribution < -0.4 is 10.1 Å². The van der Waals surface area contributed by atoms with Gasteiger partial charge < -0.3 is 10.1 Å². The predicted octanol–water partition coefficient (Wildman–Crippen LogP) is 1.99. The molecule has 0 aliphatic carbocycles. The number of nitrogens with one attached hydrogen (secondary N) is 1. The fourth-order valence-electron chi connectivity index (χ4n) is 1.95. The van der Waals surface area contributed by atoms with Crippen molar-refractivity contribution in [2.75, 3.05) is 6.54 Å². The molecule has 0 bridgehead atoms. The van der Waals surface area contributed by atoms with Crippen molar-refractivity contribution in [2.24, 2.45) is 0 Å². The fraction of sp³-hybridized carbons (Fsp3) is 0.429. The third-order valence-corrected chi connectivity index (χ3v) is 2.83. The monoisotopic (exact) mass is 215 g/mol. The minimum Gasteiger partial charge on any atom is -0.488 e. The van der Waals surface area contributed by atoms with Gasteiger partial charge in [-0.05, 0) is 18.6 Å². The van der Waals surface area contributed by atoms with E-state index in [9.17, 15) is 0 Å². The van der Waals surface area contributed by atoms with Gasteiger partial charge in [0.25, 0.3) is 0 Å². The molecule has 1 aromatic rings. The number of hydrogen-bond donors (Lipinski definition) is 1. The second-order valence-electron chi connectivity index (χ2n) is 4.27. The Morgan fingerprint density at radius 3 is 3.12 bits per heavy atom. The molecule has 1 aromatic carbocycles. The molecule has 2 atom stereocenters. The van der Waals surface area contributed by atoms with Crippen LogP contribution in [0.3, 0.4) is 0 Å². The van der Waals surface area contributed by atoms with Crippen LogP contribution >= 0.6 is 0 Å². The van der Waals surface area contributed by atoms with Gasteiger partial charge in [0.1, 0.15) is 11.9 Å². The molecular formula is C14H17NO. The Bertz CT molecular complexity index is 369. The van der Waals surface area contributed by atoms with E-state index in [1.54, 1.807) is 0 Å². The van der Waals surface area contributed by atoms with Crippen LogP contribution in [0.2, 0.25) is 0 Å². The van der Waals surface area contributed by atoms with Crippen LogP contribution in [0.4, 0.5) is 0 Å². The zero-order valence-corrected chi connectivity index (χ0v) is 9.57. The maximum atomic E-state index is 5.82. The van der Waals surface area contributed by atoms with Gasteiger partial charge in [0.05, 0.1) is 0 Å². The van der Waals surface area contributed by atoms with Crippen LogP contribution in [0.5, 0.6) is 5.75 Å². The number of hydrogen-bond acceptors (Lipinski definition) is 2. The Balaban J connectivity index is 1.82. The number of rotatable bonds is 4. The third kappa shape index (κ3) is 2.56. The first-order valence-electron chi connectivity index (χ1n) is 5.71. The van der Waals surface area contributed by atoms with E-state index in [2.05, 4.69) is 30.3 Å². The SMILES string of the molecule is C#CCC(C)NCC1Cc2ccccc2O1. The van der Waals surface area contributed by atoms with Gasteiger partial charge in [0.2, 0.25) is 0 Å². The lowest BCUT2D eigenvalue weighted by molar-refractivity contribution is 0.223. The van der Waals surface area contributed by atoms with E-state index in [4.69, 9.17) is 11.2 Å². The Morgan fingerprint density at radius 2 is 2.38 bits per heavy atom. The molecule has 2 heteroatoms. The normalized spacial score (nSPS) is 19.6. The van der Waals surface area contributed by atoms with E-state index in [1.165, 1.54) is 5.56 Å². The maximum Gasteiger partial charge on any atom is 0.123 e. The summed E-state index contributed by atoms with van der Waals surface area (Å²) in [7, 11) is 0. The molecule has 16 heavy (non-hydrogen) atoms. The quantitative estimate of drug-likeness (QED) is 0.776. The maximum absolute atomic E-state index is 5.82. The molecule has 0 saturated heterocycles. The Hall–Kier alpha value is -1.46. The van der Waals surface area contributed by atoms with Crippen molar-refractivity contribution in [2.45, 2.75) is 31.9 Å². The van der Waals surface area contributed by atoms with Crippen LogP contribution in [-0.2, 0) is 6.42 Å². The van der Waals surface area contributed by atoms with Crippen LogP contribution in [0.25, 0.3) is 0 Å². The molecule has 1 aliphatic heterocycles. The van der Waals surface area contributed by atoms with Crippen molar-refractivity contribution in [3.63, 3.8) is 0 Å². The molecule has 84 valence electrons. The van der Waals surface area contributed by atoms with Crippen molar-refractivity contribution >= 4 is 0 Å². The van der Waals surface area contributed by atoms with E-state index in [0.717, 1.165) is 25.1 Å². The first kappa shape index (κ1) is 11.0. The Labute approximate surface area is 97.0 Å². The van der Waals surface area contributed by atoms with Crippen LogP contribution in [-0.4, -0.2) is 18.7 Å². The van der Waals surface area contributed by atoms with Gasteiger partial charge in [-0.3, -0.25) is 0 Å². The number of para-hydroxylation sites is 1. The molecular weight excluding hydrogens is 198 g/mol. The average molecular weight is 215 g/mol. The average Bonchev–Trinajstić information content (AvgIpc) is 2.69. The first-order chi connectivity index (χ1) is 7.79. The standard InChI is InChI=1S/C14H17NO/c1-3-6-11(2)15-10-13-9-12-7-4-5-8-14(12)16-13/h1,4-5,7-8,11,13,15H,6,9-10H2,2H3. The van der Waals surface area contributed by atoms with Crippen LogP contribution in [0.1, 0.15) is 18.9 Å². The van der Waals surface area contributed by atoms with E-state index in [0.29, 0.717) is 6.04 Å². The zero-order valence-electron chi connectivity index (χ0n) is 9.57. The predicted molar refractivity (Wildman–Crippen MR) is 65.5 cm³/mol. The van der Waals surface area contributed by atoms with Crippen LogP contribution in [0, 0.1) is 12.3 Å². The highest BCUT2D eigenvalue weighted by atomic mass is 16.5. The van der Waals surface area contributed by atoms with Crippen molar-refractivity contribution in [1.82, 2.24) is 5.32 Å². The molecule has 0 saturated carbocycles. The number of ether oxygens (including phenoxy) is 1. The molecule has 0 fully saturated rings. The summed E-state index contributed by atoms with van der Waals surface area (Å²) >= 11 is 0. The molecule has 0 amide bonds. The van der Waals surface area contributed by atoms with E-state index >= 15 is 0 Å². The zero-order chi connectivity index (χ0) is 11.4. The molecule has 2 rings (SSSR count). The summed E-state index contributed by atoms with van der Waals surface area (Å²) in [4.78, 5) is 0. The third-order valence-electron chi connectivity index (χ3n) is 2.83. The molecule has 0 spiro atoms. The van der Waals surface area contributed by atoms with E-state index in [1.807, 2.05) is 12.1 Å². The summed E-state index contributed by atoms with van der Waals surface area (Å²) in [6.45, 7) is 2.96. The highest BCUT2D eigenvalue weighted by Crippen LogP contribution is 2.27. The molecule has 0 aromatic heterocycles. The second kappa shape index (κ2) is 5.05. The number of benzene rings is 1. The molecule has 2 nitrogen and oxygen atoms in total. The fourth-order valence-corrected chi connectivity index (χ4v) is 1.95. The van der Waals surface area contributed by atoms with Gasteiger partial charge in [0, 0.05) is 25.4 Å². The highest BCUT2D eigenvalue weighted by molar-refractivity contribution is 5.37. The van der Waals surface area contributed by atoms with Gasteiger partial charge in [0.15, 0.2) is 0 Å². The number of fused-ring (bicyclic) bond motifs is 1. The van der Waals surface area contributed by atoms with Crippen molar-refractivity contribution in [3.8, 4) is 18.1 Å². The van der Waals surface area contributed by atoms with Crippen LogP contribution in [0.15, 0.2) is 24.3 Å². The van der Waals surface area contributed by atoms with Gasteiger partial charge in [-0.25, -0.2) is 0 Å². The van der Waals surface area contributed by atoms with Gasteiger partial charge >= 0.3 is 0 Å². The van der Waals surface area contributed by atoms with Crippen molar-refractivity contribution < 1.29 is 4.74 Å². The number of terminal acetylenes is 1. The molecule has 1 aliphatic rings. The van der Waals surface area contributed by atoms with E-state index in [-0.39, 0.29) is 6.10 Å².